The van der Waals surface area contributed by atoms with E-state index < -0.39 is 5.60 Å². The number of methoxy groups -OCH3 is 1. The van der Waals surface area contributed by atoms with Crippen LogP contribution in [0, 0.1) is 0 Å². The minimum atomic E-state index is -0.534. The van der Waals surface area contributed by atoms with E-state index in [1.165, 1.54) is 0 Å². The van der Waals surface area contributed by atoms with Crippen molar-refractivity contribution >= 4 is 5.69 Å². The molecular weight excluding hydrogens is 260 g/mol. The Morgan fingerprint density at radius 2 is 2.10 bits per heavy atom. The summed E-state index contributed by atoms with van der Waals surface area (Å²) in [5, 5.41) is 4.04. The third kappa shape index (κ3) is 2.25. The lowest BCUT2D eigenvalue weighted by Crippen LogP contribution is -2.36. The van der Waals surface area contributed by atoms with Crippen LogP contribution in [0.5, 0.6) is 0 Å². The molecule has 2 aromatic rings. The normalized spacial score (nSPS) is 18.1. The Balaban J connectivity index is 1.91. The summed E-state index contributed by atoms with van der Waals surface area (Å²) < 4.78 is 16.3. The second-order valence-electron chi connectivity index (χ2n) is 4.71. The van der Waals surface area contributed by atoms with E-state index in [9.17, 15) is 0 Å². The zero-order valence-corrected chi connectivity index (χ0v) is 11.2. The molecule has 0 atom stereocenters. The molecule has 1 aliphatic rings. The summed E-state index contributed by atoms with van der Waals surface area (Å²) in [7, 11) is 1.66. The summed E-state index contributed by atoms with van der Waals surface area (Å²) in [5.74, 6) is 0.903. The Labute approximate surface area is 116 Å². The zero-order chi connectivity index (χ0) is 14.0. The van der Waals surface area contributed by atoms with Gasteiger partial charge in [0.2, 0.25) is 5.82 Å². The van der Waals surface area contributed by atoms with Gasteiger partial charge in [0.15, 0.2) is 0 Å². The fourth-order valence-corrected chi connectivity index (χ4v) is 2.26. The van der Waals surface area contributed by atoms with Crippen LogP contribution >= 0.6 is 0 Å². The third-order valence-corrected chi connectivity index (χ3v) is 3.53. The highest BCUT2D eigenvalue weighted by Gasteiger charge is 2.39. The zero-order valence-electron chi connectivity index (χ0n) is 11.2. The van der Waals surface area contributed by atoms with Gasteiger partial charge in [-0.25, -0.2) is 4.98 Å². The molecule has 1 saturated heterocycles. The SMILES string of the molecule is COC1(c2noc(-c3ccc(N)cn3)n2)CCOCC1. The van der Waals surface area contributed by atoms with Crippen LogP contribution in [0.4, 0.5) is 5.69 Å². The maximum absolute atomic E-state index is 5.63. The highest BCUT2D eigenvalue weighted by atomic mass is 16.5. The van der Waals surface area contributed by atoms with Crippen LogP contribution < -0.4 is 5.73 Å². The third-order valence-electron chi connectivity index (χ3n) is 3.53. The largest absolute Gasteiger partial charge is 0.397 e. The van der Waals surface area contributed by atoms with Gasteiger partial charge in [-0.05, 0) is 12.1 Å². The average Bonchev–Trinajstić information content (AvgIpc) is 2.99. The number of aromatic nitrogens is 3. The lowest BCUT2D eigenvalue weighted by atomic mass is 9.93. The van der Waals surface area contributed by atoms with Gasteiger partial charge >= 0.3 is 0 Å². The first-order valence-corrected chi connectivity index (χ1v) is 6.42. The predicted octanol–water partition coefficient (Wildman–Crippen LogP) is 1.37. The van der Waals surface area contributed by atoms with Crippen molar-refractivity contribution in [1.82, 2.24) is 15.1 Å². The number of anilines is 1. The van der Waals surface area contributed by atoms with Crippen LogP contribution in [0.15, 0.2) is 22.9 Å². The predicted molar refractivity (Wildman–Crippen MR) is 70.7 cm³/mol. The topological polar surface area (TPSA) is 96.3 Å². The number of nitrogens with two attached hydrogens (primary N) is 1. The molecule has 7 heteroatoms. The van der Waals surface area contributed by atoms with E-state index >= 15 is 0 Å². The van der Waals surface area contributed by atoms with Crippen molar-refractivity contribution in [3.8, 4) is 11.6 Å². The molecule has 0 aromatic carbocycles. The minimum absolute atomic E-state index is 0.364. The first-order valence-electron chi connectivity index (χ1n) is 6.42. The number of ether oxygens (including phenoxy) is 2. The Bertz CT molecular complexity index is 576. The number of hydrogen-bond acceptors (Lipinski definition) is 7. The van der Waals surface area contributed by atoms with Crippen molar-refractivity contribution in [2.24, 2.45) is 0 Å². The maximum Gasteiger partial charge on any atom is 0.276 e. The molecule has 20 heavy (non-hydrogen) atoms. The summed E-state index contributed by atoms with van der Waals surface area (Å²) in [5.41, 5.74) is 6.26. The average molecular weight is 276 g/mol. The van der Waals surface area contributed by atoms with Gasteiger partial charge in [-0.1, -0.05) is 5.16 Å². The molecule has 0 amide bonds. The molecule has 0 saturated carbocycles. The van der Waals surface area contributed by atoms with Crippen LogP contribution in [-0.2, 0) is 15.1 Å². The monoisotopic (exact) mass is 276 g/mol. The Kier molecular flexibility index (Phi) is 3.37. The fourth-order valence-electron chi connectivity index (χ4n) is 2.26. The molecule has 106 valence electrons. The molecule has 0 spiro atoms. The number of rotatable bonds is 3. The molecule has 3 rings (SSSR count). The fraction of sp³-hybridized carbons (Fsp3) is 0.462. The first kappa shape index (κ1) is 13.0. The molecule has 0 aliphatic carbocycles. The van der Waals surface area contributed by atoms with E-state index in [0.29, 0.717) is 49.2 Å². The molecule has 0 bridgehead atoms. The molecule has 2 N–H and O–H groups in total. The van der Waals surface area contributed by atoms with E-state index in [4.69, 9.17) is 19.7 Å². The quantitative estimate of drug-likeness (QED) is 0.904. The summed E-state index contributed by atoms with van der Waals surface area (Å²) in [6.45, 7) is 1.25. The molecule has 0 unspecified atom stereocenters. The van der Waals surface area contributed by atoms with Crippen molar-refractivity contribution in [2.45, 2.75) is 18.4 Å². The minimum Gasteiger partial charge on any atom is -0.397 e. The number of nitrogen functional groups attached to an aromatic ring is 1. The van der Waals surface area contributed by atoms with Gasteiger partial charge in [-0.3, -0.25) is 0 Å². The Morgan fingerprint density at radius 3 is 2.75 bits per heavy atom. The first-order chi connectivity index (χ1) is 9.73. The van der Waals surface area contributed by atoms with E-state index in [2.05, 4.69) is 15.1 Å². The van der Waals surface area contributed by atoms with E-state index in [0.717, 1.165) is 0 Å². The standard InChI is InChI=1S/C13H16N4O3/c1-18-13(4-6-19-7-5-13)12-16-11(20-17-12)10-3-2-9(14)8-15-10/h2-3,8H,4-7,14H2,1H3. The van der Waals surface area contributed by atoms with Gasteiger partial charge < -0.3 is 19.7 Å². The summed E-state index contributed by atoms with van der Waals surface area (Å²) >= 11 is 0. The second-order valence-corrected chi connectivity index (χ2v) is 4.71. The van der Waals surface area contributed by atoms with E-state index in [-0.39, 0.29) is 0 Å². The van der Waals surface area contributed by atoms with Gasteiger partial charge in [-0.2, -0.15) is 4.98 Å². The van der Waals surface area contributed by atoms with Crippen molar-refractivity contribution in [3.63, 3.8) is 0 Å². The molecule has 3 heterocycles. The van der Waals surface area contributed by atoms with Gasteiger partial charge in [-0.15, -0.1) is 0 Å². The van der Waals surface area contributed by atoms with Crippen LogP contribution in [0.3, 0.4) is 0 Å². The van der Waals surface area contributed by atoms with Crippen molar-refractivity contribution in [3.05, 3.63) is 24.2 Å². The van der Waals surface area contributed by atoms with E-state index in [1.807, 2.05) is 0 Å². The van der Waals surface area contributed by atoms with Crippen LogP contribution in [-0.4, -0.2) is 35.4 Å². The molecule has 1 aliphatic heterocycles. The van der Waals surface area contributed by atoms with Crippen LogP contribution in [0.2, 0.25) is 0 Å². The lowest BCUT2D eigenvalue weighted by molar-refractivity contribution is -0.101. The lowest BCUT2D eigenvalue weighted by Gasteiger charge is -2.32. The number of pyridine rings is 1. The molecule has 2 aromatic heterocycles. The highest BCUT2D eigenvalue weighted by molar-refractivity contribution is 5.50. The van der Waals surface area contributed by atoms with Gasteiger partial charge in [0.25, 0.3) is 5.89 Å². The highest BCUT2D eigenvalue weighted by Crippen LogP contribution is 2.34. The summed E-state index contributed by atoms with van der Waals surface area (Å²) in [6.07, 6.45) is 2.97. The molecule has 0 radical (unpaired) electrons. The summed E-state index contributed by atoms with van der Waals surface area (Å²) in [4.78, 5) is 8.58. The van der Waals surface area contributed by atoms with Crippen LogP contribution in [0.25, 0.3) is 11.6 Å². The number of hydrogen-bond donors (Lipinski definition) is 1. The number of nitrogens with zero attached hydrogens (tertiary/aromatic N) is 3. The molecular formula is C13H16N4O3. The Hall–Kier alpha value is -1.99. The van der Waals surface area contributed by atoms with Gasteiger partial charge in [0.1, 0.15) is 11.3 Å². The molecule has 1 fully saturated rings. The van der Waals surface area contributed by atoms with Crippen molar-refractivity contribution < 1.29 is 14.0 Å². The smallest absolute Gasteiger partial charge is 0.276 e. The van der Waals surface area contributed by atoms with Crippen molar-refractivity contribution in [1.29, 1.82) is 0 Å². The maximum atomic E-state index is 5.63. The van der Waals surface area contributed by atoms with Crippen LogP contribution in [0.1, 0.15) is 18.7 Å². The van der Waals surface area contributed by atoms with Gasteiger partial charge in [0, 0.05) is 33.2 Å². The second kappa shape index (κ2) is 5.18. The van der Waals surface area contributed by atoms with Crippen molar-refractivity contribution in [2.75, 3.05) is 26.1 Å². The molecule has 7 nitrogen and oxygen atoms in total. The Morgan fingerprint density at radius 1 is 1.30 bits per heavy atom. The van der Waals surface area contributed by atoms with Gasteiger partial charge in [0.05, 0.1) is 11.9 Å². The van der Waals surface area contributed by atoms with E-state index in [1.54, 1.807) is 25.4 Å². The summed E-state index contributed by atoms with van der Waals surface area (Å²) in [6, 6.07) is 3.49.